The highest BCUT2D eigenvalue weighted by atomic mass is 16.5. The Morgan fingerprint density at radius 1 is 1.06 bits per heavy atom. The first kappa shape index (κ1) is 25.4. The average molecular weight is 473 g/mol. The van der Waals surface area contributed by atoms with Crippen molar-refractivity contribution in [2.24, 2.45) is 28.4 Å². The van der Waals surface area contributed by atoms with Crippen LogP contribution in [0.4, 0.5) is 0 Å². The SMILES string of the molecule is CC(C1CCCCC1)C(CC(=O)N1CCOCC1)(C(N)=O)C1(C#N)CCN(C2CCCCC2)C1. The van der Waals surface area contributed by atoms with Crippen LogP contribution in [-0.4, -0.2) is 67.0 Å². The summed E-state index contributed by atoms with van der Waals surface area (Å²) in [4.78, 5) is 31.5. The van der Waals surface area contributed by atoms with E-state index in [2.05, 4.69) is 17.9 Å². The Morgan fingerprint density at radius 2 is 1.68 bits per heavy atom. The second-order valence-corrected chi connectivity index (χ2v) is 11.4. The largest absolute Gasteiger partial charge is 0.378 e. The van der Waals surface area contributed by atoms with Crippen LogP contribution in [0, 0.1) is 34.0 Å². The van der Waals surface area contributed by atoms with Gasteiger partial charge in [0.2, 0.25) is 11.8 Å². The molecule has 4 rings (SSSR count). The number of hydrogen-bond acceptors (Lipinski definition) is 5. The van der Waals surface area contributed by atoms with Gasteiger partial charge in [-0.1, -0.05) is 58.3 Å². The number of hydrogen-bond donors (Lipinski definition) is 1. The van der Waals surface area contributed by atoms with Crippen LogP contribution < -0.4 is 5.73 Å². The van der Waals surface area contributed by atoms with Gasteiger partial charge in [-0.15, -0.1) is 0 Å². The summed E-state index contributed by atoms with van der Waals surface area (Å²) < 4.78 is 5.45. The third-order valence-electron chi connectivity index (χ3n) is 9.83. The van der Waals surface area contributed by atoms with E-state index in [1.165, 1.54) is 25.7 Å². The lowest BCUT2D eigenvalue weighted by Crippen LogP contribution is -2.59. The number of ether oxygens (including phenoxy) is 1. The van der Waals surface area contributed by atoms with Crippen LogP contribution in [0.25, 0.3) is 0 Å². The van der Waals surface area contributed by atoms with Crippen molar-refractivity contribution in [3.8, 4) is 6.07 Å². The maximum atomic E-state index is 13.6. The van der Waals surface area contributed by atoms with Gasteiger partial charge in [0.15, 0.2) is 0 Å². The van der Waals surface area contributed by atoms with E-state index in [9.17, 15) is 14.9 Å². The summed E-state index contributed by atoms with van der Waals surface area (Å²) in [7, 11) is 0. The van der Waals surface area contributed by atoms with Crippen molar-refractivity contribution in [1.82, 2.24) is 9.80 Å². The van der Waals surface area contributed by atoms with Gasteiger partial charge in [-0.05, 0) is 31.1 Å². The summed E-state index contributed by atoms with van der Waals surface area (Å²) in [5, 5.41) is 10.8. The first-order chi connectivity index (χ1) is 16.4. The van der Waals surface area contributed by atoms with Crippen LogP contribution in [-0.2, 0) is 14.3 Å². The predicted octanol–water partition coefficient (Wildman–Crippen LogP) is 3.47. The Hall–Kier alpha value is -1.65. The monoisotopic (exact) mass is 472 g/mol. The van der Waals surface area contributed by atoms with Crippen molar-refractivity contribution in [1.29, 1.82) is 5.26 Å². The Morgan fingerprint density at radius 3 is 2.26 bits per heavy atom. The maximum Gasteiger partial charge on any atom is 0.226 e. The minimum atomic E-state index is -1.15. The van der Waals surface area contributed by atoms with Crippen molar-refractivity contribution in [3.63, 3.8) is 0 Å². The second-order valence-electron chi connectivity index (χ2n) is 11.4. The number of morpholine rings is 1. The zero-order valence-corrected chi connectivity index (χ0v) is 21.1. The predicted molar refractivity (Wildman–Crippen MR) is 130 cm³/mol. The van der Waals surface area contributed by atoms with Crippen LogP contribution in [0.2, 0.25) is 0 Å². The molecule has 2 heterocycles. The molecule has 0 aromatic rings. The Bertz CT molecular complexity index is 764. The lowest BCUT2D eigenvalue weighted by molar-refractivity contribution is -0.154. The molecule has 0 spiro atoms. The molecule has 190 valence electrons. The molecule has 0 aromatic carbocycles. The highest BCUT2D eigenvalue weighted by molar-refractivity contribution is 5.90. The quantitative estimate of drug-likeness (QED) is 0.612. The van der Waals surface area contributed by atoms with Gasteiger partial charge in [0.05, 0.1) is 30.1 Å². The molecule has 3 atom stereocenters. The number of carbonyl (C=O) groups excluding carboxylic acids is 2. The van der Waals surface area contributed by atoms with Gasteiger partial charge in [0, 0.05) is 38.6 Å². The van der Waals surface area contributed by atoms with Crippen LogP contribution >= 0.6 is 0 Å². The van der Waals surface area contributed by atoms with Crippen LogP contribution in [0.1, 0.15) is 84.0 Å². The average Bonchev–Trinajstić information content (AvgIpc) is 3.34. The molecule has 2 saturated carbocycles. The number of rotatable bonds is 7. The molecule has 2 amide bonds. The highest BCUT2D eigenvalue weighted by Gasteiger charge is 2.63. The molecule has 0 aromatic heterocycles. The lowest BCUT2D eigenvalue weighted by atomic mass is 9.52. The summed E-state index contributed by atoms with van der Waals surface area (Å²) in [6.07, 6.45) is 12.4. The van der Waals surface area contributed by atoms with Gasteiger partial charge in [-0.2, -0.15) is 5.26 Å². The number of likely N-dealkylation sites (tertiary alicyclic amines) is 1. The second kappa shape index (κ2) is 11.0. The molecule has 4 fully saturated rings. The van der Waals surface area contributed by atoms with E-state index in [-0.39, 0.29) is 18.2 Å². The zero-order valence-electron chi connectivity index (χ0n) is 21.1. The number of amides is 2. The van der Waals surface area contributed by atoms with Crippen molar-refractivity contribution >= 4 is 11.8 Å². The van der Waals surface area contributed by atoms with Crippen molar-refractivity contribution in [2.45, 2.75) is 90.0 Å². The molecule has 4 aliphatic rings. The van der Waals surface area contributed by atoms with Gasteiger partial charge in [0.25, 0.3) is 0 Å². The van der Waals surface area contributed by atoms with Gasteiger partial charge >= 0.3 is 0 Å². The minimum absolute atomic E-state index is 0.0458. The van der Waals surface area contributed by atoms with Crippen LogP contribution in [0.3, 0.4) is 0 Å². The van der Waals surface area contributed by atoms with E-state index in [4.69, 9.17) is 10.5 Å². The molecule has 3 unspecified atom stereocenters. The Kier molecular flexibility index (Phi) is 8.20. The first-order valence-electron chi connectivity index (χ1n) is 13.7. The molecule has 7 heteroatoms. The molecule has 0 bridgehead atoms. The lowest BCUT2D eigenvalue weighted by Gasteiger charge is -2.50. The summed E-state index contributed by atoms with van der Waals surface area (Å²) in [6.45, 7) is 5.62. The number of nitrogens with zero attached hydrogens (tertiary/aromatic N) is 3. The van der Waals surface area contributed by atoms with E-state index in [0.717, 1.165) is 45.1 Å². The minimum Gasteiger partial charge on any atom is -0.378 e. The molecule has 2 N–H and O–H groups in total. The van der Waals surface area contributed by atoms with Gasteiger partial charge in [0.1, 0.15) is 0 Å². The summed E-state index contributed by atoms with van der Waals surface area (Å²) in [6, 6.07) is 3.14. The van der Waals surface area contributed by atoms with E-state index >= 15 is 0 Å². The summed E-state index contributed by atoms with van der Waals surface area (Å²) in [5.41, 5.74) is 4.25. The topological polar surface area (TPSA) is 99.7 Å². The fourth-order valence-electron chi connectivity index (χ4n) is 7.67. The van der Waals surface area contributed by atoms with Crippen molar-refractivity contribution in [2.75, 3.05) is 39.4 Å². The van der Waals surface area contributed by atoms with E-state index in [1.807, 2.05) is 4.90 Å². The molecular formula is C27H44N4O3. The Labute approximate surface area is 205 Å². The van der Waals surface area contributed by atoms with Gasteiger partial charge in [-0.3, -0.25) is 14.5 Å². The summed E-state index contributed by atoms with van der Waals surface area (Å²) >= 11 is 0. The third kappa shape index (κ3) is 4.73. The standard InChI is InChI=1S/C27H44N4O3/c1-21(22-8-4-2-5-9-22)27(25(29)33,18-24(32)30-14-16-34-17-15-30)26(19-28)12-13-31(20-26)23-10-6-3-7-11-23/h21-23H,2-18,20H2,1H3,(H2,29,33). The third-order valence-corrected chi connectivity index (χ3v) is 9.83. The normalized spacial score (nSPS) is 30.4. The fourth-order valence-corrected chi connectivity index (χ4v) is 7.67. The van der Waals surface area contributed by atoms with Crippen molar-refractivity contribution < 1.29 is 14.3 Å². The van der Waals surface area contributed by atoms with Crippen LogP contribution in [0.5, 0.6) is 0 Å². The molecule has 34 heavy (non-hydrogen) atoms. The number of primary amides is 1. The first-order valence-corrected chi connectivity index (χ1v) is 13.7. The molecule has 7 nitrogen and oxygen atoms in total. The van der Waals surface area contributed by atoms with E-state index in [0.29, 0.717) is 51.2 Å². The van der Waals surface area contributed by atoms with Crippen molar-refractivity contribution in [3.05, 3.63) is 0 Å². The Balaban J connectivity index is 1.69. The zero-order chi connectivity index (χ0) is 24.2. The molecule has 0 radical (unpaired) electrons. The number of carbonyl (C=O) groups is 2. The maximum absolute atomic E-state index is 13.6. The smallest absolute Gasteiger partial charge is 0.226 e. The van der Waals surface area contributed by atoms with E-state index < -0.39 is 16.7 Å². The number of nitriles is 1. The molecular weight excluding hydrogens is 428 g/mol. The van der Waals surface area contributed by atoms with Gasteiger partial charge in [-0.25, -0.2) is 0 Å². The molecule has 2 aliphatic heterocycles. The fraction of sp³-hybridized carbons (Fsp3) is 0.889. The molecule has 2 aliphatic carbocycles. The van der Waals surface area contributed by atoms with E-state index in [1.54, 1.807) is 0 Å². The van der Waals surface area contributed by atoms with Crippen LogP contribution in [0.15, 0.2) is 0 Å². The van der Waals surface area contributed by atoms with Gasteiger partial charge < -0.3 is 15.4 Å². The number of nitrogens with two attached hydrogens (primary N) is 1. The summed E-state index contributed by atoms with van der Waals surface area (Å²) in [5.74, 6) is -0.260. The molecule has 2 saturated heterocycles. The highest BCUT2D eigenvalue weighted by Crippen LogP contribution is 2.57.